The fourth-order valence-electron chi connectivity index (χ4n) is 2.40. The molecule has 2 N–H and O–H groups in total. The van der Waals surface area contributed by atoms with Crippen LogP contribution in [0.1, 0.15) is 62.8 Å². The van der Waals surface area contributed by atoms with E-state index in [0.29, 0.717) is 17.3 Å². The number of nitrogens with zero attached hydrogens (tertiary/aromatic N) is 1. The Kier molecular flexibility index (Phi) is 2.99. The molecule has 1 heterocycles. The Morgan fingerprint density at radius 2 is 2.00 bits per heavy atom. The number of hydrogen-bond donors (Lipinski definition) is 2. The number of aromatic amines is 1. The molecule has 1 saturated carbocycles. The second-order valence-corrected chi connectivity index (χ2v) is 4.82. The van der Waals surface area contributed by atoms with Gasteiger partial charge in [-0.3, -0.25) is 4.79 Å². The van der Waals surface area contributed by atoms with Crippen LogP contribution in [-0.2, 0) is 0 Å². The zero-order chi connectivity index (χ0) is 11.7. The van der Waals surface area contributed by atoms with Crippen molar-refractivity contribution in [1.29, 1.82) is 0 Å². The van der Waals surface area contributed by atoms with Crippen LogP contribution in [0.3, 0.4) is 0 Å². The van der Waals surface area contributed by atoms with Crippen LogP contribution in [0.25, 0.3) is 0 Å². The third-order valence-electron chi connectivity index (χ3n) is 3.27. The normalized spacial score (nSPS) is 17.2. The Bertz CT molecular complexity index is 431. The molecule has 0 saturated heterocycles. The van der Waals surface area contributed by atoms with Crippen molar-refractivity contribution < 1.29 is 5.11 Å². The fourth-order valence-corrected chi connectivity index (χ4v) is 2.40. The number of aromatic hydroxyl groups is 1. The second-order valence-electron chi connectivity index (χ2n) is 4.82. The van der Waals surface area contributed by atoms with E-state index in [1.54, 1.807) is 0 Å². The quantitative estimate of drug-likeness (QED) is 0.806. The standard InChI is InChI=1S/C12H18N2O2/c1-7(2)9-11(15)13-10(14-12(9)16)8-5-3-4-6-8/h7-8H,3-6H2,1-2H3,(H2,13,14,15,16). The Hall–Kier alpha value is -1.32. The topological polar surface area (TPSA) is 66.0 Å². The number of aromatic nitrogens is 2. The Morgan fingerprint density at radius 1 is 1.38 bits per heavy atom. The van der Waals surface area contributed by atoms with Crippen molar-refractivity contribution in [2.24, 2.45) is 0 Å². The zero-order valence-electron chi connectivity index (χ0n) is 9.79. The molecule has 0 unspecified atom stereocenters. The number of hydrogen-bond acceptors (Lipinski definition) is 3. The largest absolute Gasteiger partial charge is 0.493 e. The molecule has 1 aliphatic rings. The van der Waals surface area contributed by atoms with Crippen molar-refractivity contribution in [3.05, 3.63) is 21.7 Å². The smallest absolute Gasteiger partial charge is 0.258 e. The number of nitrogens with one attached hydrogen (secondary N) is 1. The summed E-state index contributed by atoms with van der Waals surface area (Å²) in [5, 5.41) is 9.77. The van der Waals surface area contributed by atoms with Gasteiger partial charge in [-0.05, 0) is 18.8 Å². The molecular weight excluding hydrogens is 204 g/mol. The highest BCUT2D eigenvalue weighted by Crippen LogP contribution is 2.32. The second kappa shape index (κ2) is 4.28. The molecule has 1 aliphatic carbocycles. The van der Waals surface area contributed by atoms with Crippen LogP contribution in [0.4, 0.5) is 0 Å². The molecule has 1 aromatic heterocycles. The Balaban J connectivity index is 2.40. The van der Waals surface area contributed by atoms with Gasteiger partial charge in [-0.25, -0.2) is 0 Å². The maximum absolute atomic E-state index is 11.8. The highest BCUT2D eigenvalue weighted by atomic mass is 16.3. The van der Waals surface area contributed by atoms with Gasteiger partial charge in [-0.15, -0.1) is 0 Å². The van der Waals surface area contributed by atoms with Gasteiger partial charge < -0.3 is 10.1 Å². The van der Waals surface area contributed by atoms with Crippen LogP contribution in [0.2, 0.25) is 0 Å². The maximum Gasteiger partial charge on any atom is 0.258 e. The van der Waals surface area contributed by atoms with E-state index in [1.165, 1.54) is 12.8 Å². The van der Waals surface area contributed by atoms with E-state index in [9.17, 15) is 9.90 Å². The van der Waals surface area contributed by atoms with Crippen LogP contribution >= 0.6 is 0 Å². The van der Waals surface area contributed by atoms with Gasteiger partial charge in [0.05, 0.1) is 5.56 Å². The third-order valence-corrected chi connectivity index (χ3v) is 3.27. The van der Waals surface area contributed by atoms with E-state index >= 15 is 0 Å². The summed E-state index contributed by atoms with van der Waals surface area (Å²) >= 11 is 0. The predicted molar refractivity (Wildman–Crippen MR) is 61.8 cm³/mol. The molecule has 0 aromatic carbocycles. The van der Waals surface area contributed by atoms with Gasteiger partial charge in [-0.1, -0.05) is 26.7 Å². The summed E-state index contributed by atoms with van der Waals surface area (Å²) in [7, 11) is 0. The van der Waals surface area contributed by atoms with Gasteiger partial charge in [0, 0.05) is 5.92 Å². The first kappa shape index (κ1) is 11.2. The summed E-state index contributed by atoms with van der Waals surface area (Å²) in [6.45, 7) is 3.75. The molecule has 0 atom stereocenters. The summed E-state index contributed by atoms with van der Waals surface area (Å²) in [4.78, 5) is 18.8. The molecule has 2 rings (SSSR count). The SMILES string of the molecule is CC(C)c1c(O)nc(C2CCCC2)[nH]c1=O. The van der Waals surface area contributed by atoms with E-state index in [2.05, 4.69) is 9.97 Å². The van der Waals surface area contributed by atoms with Gasteiger partial charge in [0.15, 0.2) is 0 Å². The van der Waals surface area contributed by atoms with Crippen LogP contribution in [0, 0.1) is 0 Å². The molecule has 0 amide bonds. The summed E-state index contributed by atoms with van der Waals surface area (Å²) in [5.74, 6) is 0.874. The minimum Gasteiger partial charge on any atom is -0.493 e. The lowest BCUT2D eigenvalue weighted by Crippen LogP contribution is -2.19. The number of H-pyrrole nitrogens is 1. The van der Waals surface area contributed by atoms with E-state index in [0.717, 1.165) is 12.8 Å². The van der Waals surface area contributed by atoms with Crippen molar-refractivity contribution in [3.8, 4) is 5.88 Å². The van der Waals surface area contributed by atoms with E-state index in [-0.39, 0.29) is 17.4 Å². The first-order valence-electron chi connectivity index (χ1n) is 5.92. The maximum atomic E-state index is 11.8. The Morgan fingerprint density at radius 3 is 2.50 bits per heavy atom. The zero-order valence-corrected chi connectivity index (χ0v) is 9.79. The van der Waals surface area contributed by atoms with E-state index < -0.39 is 0 Å². The van der Waals surface area contributed by atoms with Crippen LogP contribution in [0.15, 0.2) is 4.79 Å². The minimum atomic E-state index is -0.190. The van der Waals surface area contributed by atoms with Crippen molar-refractivity contribution in [2.45, 2.75) is 51.4 Å². The summed E-state index contributed by atoms with van der Waals surface area (Å²) in [5.41, 5.74) is 0.200. The minimum absolute atomic E-state index is 0.00567. The van der Waals surface area contributed by atoms with E-state index in [1.807, 2.05) is 13.8 Å². The molecule has 1 aromatic rings. The van der Waals surface area contributed by atoms with Gasteiger partial charge >= 0.3 is 0 Å². The molecule has 0 spiro atoms. The monoisotopic (exact) mass is 222 g/mol. The van der Waals surface area contributed by atoms with E-state index in [4.69, 9.17) is 0 Å². The average Bonchev–Trinajstić information content (AvgIpc) is 2.67. The fraction of sp³-hybridized carbons (Fsp3) is 0.667. The van der Waals surface area contributed by atoms with Gasteiger partial charge in [0.25, 0.3) is 5.56 Å². The number of rotatable bonds is 2. The van der Waals surface area contributed by atoms with Crippen LogP contribution < -0.4 is 5.56 Å². The molecule has 0 radical (unpaired) electrons. The van der Waals surface area contributed by atoms with Crippen LogP contribution in [0.5, 0.6) is 5.88 Å². The van der Waals surface area contributed by atoms with Crippen LogP contribution in [-0.4, -0.2) is 15.1 Å². The third kappa shape index (κ3) is 1.96. The molecular formula is C12H18N2O2. The average molecular weight is 222 g/mol. The molecule has 4 heteroatoms. The molecule has 16 heavy (non-hydrogen) atoms. The highest BCUT2D eigenvalue weighted by molar-refractivity contribution is 5.26. The van der Waals surface area contributed by atoms with Gasteiger partial charge in [-0.2, -0.15) is 4.98 Å². The summed E-state index contributed by atoms with van der Waals surface area (Å²) in [6.07, 6.45) is 4.48. The molecule has 88 valence electrons. The Labute approximate surface area is 94.7 Å². The molecule has 4 nitrogen and oxygen atoms in total. The molecule has 1 fully saturated rings. The first-order chi connectivity index (χ1) is 7.59. The lowest BCUT2D eigenvalue weighted by atomic mass is 10.0. The predicted octanol–water partition coefficient (Wildman–Crippen LogP) is 2.26. The highest BCUT2D eigenvalue weighted by Gasteiger charge is 2.22. The van der Waals surface area contributed by atoms with Crippen molar-refractivity contribution >= 4 is 0 Å². The molecule has 0 aliphatic heterocycles. The van der Waals surface area contributed by atoms with Gasteiger partial charge in [0.2, 0.25) is 5.88 Å². The summed E-state index contributed by atoms with van der Waals surface area (Å²) in [6, 6.07) is 0. The van der Waals surface area contributed by atoms with Crippen molar-refractivity contribution in [3.63, 3.8) is 0 Å². The molecule has 0 bridgehead atoms. The lowest BCUT2D eigenvalue weighted by molar-refractivity contribution is 0.432. The van der Waals surface area contributed by atoms with Gasteiger partial charge in [0.1, 0.15) is 5.82 Å². The van der Waals surface area contributed by atoms with Crippen molar-refractivity contribution in [1.82, 2.24) is 9.97 Å². The first-order valence-corrected chi connectivity index (χ1v) is 5.92. The lowest BCUT2D eigenvalue weighted by Gasteiger charge is -2.11. The summed E-state index contributed by atoms with van der Waals surface area (Å²) < 4.78 is 0. The van der Waals surface area contributed by atoms with Crippen molar-refractivity contribution in [2.75, 3.05) is 0 Å².